The molecule has 0 aliphatic carbocycles. The topological polar surface area (TPSA) is 54.9 Å². The zero-order valence-corrected chi connectivity index (χ0v) is 21.1. The van der Waals surface area contributed by atoms with E-state index in [1.54, 1.807) is 4.90 Å². The summed E-state index contributed by atoms with van der Waals surface area (Å²) in [5.74, 6) is 1.30. The number of ether oxygens (including phenoxy) is 2. The number of amides is 1. The van der Waals surface area contributed by atoms with Gasteiger partial charge in [-0.2, -0.15) is 0 Å². The largest absolute Gasteiger partial charge is 0.494 e. The molecule has 0 saturated carbocycles. The summed E-state index contributed by atoms with van der Waals surface area (Å²) in [6, 6.07) is 13.2. The Morgan fingerprint density at radius 2 is 1.74 bits per heavy atom. The molecular weight excluding hydrogens is 502 g/mol. The normalized spacial score (nSPS) is 10.7. The van der Waals surface area contributed by atoms with E-state index in [0.29, 0.717) is 24.0 Å². The molecule has 0 aliphatic heterocycles. The molecular formula is C22H27BrClN3O3S. The number of halogens is 2. The van der Waals surface area contributed by atoms with Crippen molar-refractivity contribution in [3.8, 4) is 11.5 Å². The number of rotatable bonds is 10. The van der Waals surface area contributed by atoms with Crippen LogP contribution in [0.15, 0.2) is 46.9 Å². The van der Waals surface area contributed by atoms with Crippen molar-refractivity contribution >= 4 is 60.9 Å². The number of anilines is 1. The van der Waals surface area contributed by atoms with Crippen LogP contribution in [0.3, 0.4) is 0 Å². The van der Waals surface area contributed by atoms with Crippen LogP contribution in [0.2, 0.25) is 0 Å². The Morgan fingerprint density at radius 1 is 1.06 bits per heavy atom. The predicted molar refractivity (Wildman–Crippen MR) is 133 cm³/mol. The molecule has 0 fully saturated rings. The van der Waals surface area contributed by atoms with E-state index in [1.807, 2.05) is 63.5 Å². The highest BCUT2D eigenvalue weighted by molar-refractivity contribution is 9.10. The van der Waals surface area contributed by atoms with Gasteiger partial charge < -0.3 is 14.4 Å². The van der Waals surface area contributed by atoms with Crippen LogP contribution in [0.5, 0.6) is 11.5 Å². The highest BCUT2D eigenvalue weighted by Crippen LogP contribution is 2.31. The average Bonchev–Trinajstić information content (AvgIpc) is 3.13. The maximum Gasteiger partial charge on any atom is 0.266 e. The summed E-state index contributed by atoms with van der Waals surface area (Å²) in [5.41, 5.74) is 0.885. The Hall–Kier alpha value is -1.87. The van der Waals surface area contributed by atoms with E-state index in [0.717, 1.165) is 33.4 Å². The Morgan fingerprint density at radius 3 is 2.39 bits per heavy atom. The summed E-state index contributed by atoms with van der Waals surface area (Å²) in [7, 11) is 4.05. The third kappa shape index (κ3) is 7.35. The maximum absolute atomic E-state index is 13.0. The number of carbonyl (C=O) groups excluding carboxylic acids is 1. The fraction of sp³-hybridized carbons (Fsp3) is 0.364. The van der Waals surface area contributed by atoms with Crippen molar-refractivity contribution < 1.29 is 14.3 Å². The van der Waals surface area contributed by atoms with Crippen LogP contribution < -0.4 is 14.4 Å². The molecule has 3 aromatic rings. The zero-order valence-electron chi connectivity index (χ0n) is 17.8. The number of hydrogen-bond donors (Lipinski definition) is 0. The second kappa shape index (κ2) is 12.2. The number of fused-ring (bicyclic) bond motifs is 1. The molecule has 0 aliphatic rings. The molecule has 9 heteroatoms. The molecule has 168 valence electrons. The molecule has 31 heavy (non-hydrogen) atoms. The molecule has 0 radical (unpaired) electrons. The van der Waals surface area contributed by atoms with Gasteiger partial charge in [0.1, 0.15) is 11.5 Å². The van der Waals surface area contributed by atoms with Crippen LogP contribution in [0.25, 0.3) is 10.2 Å². The quantitative estimate of drug-likeness (QED) is 0.360. The van der Waals surface area contributed by atoms with E-state index in [1.165, 1.54) is 11.3 Å². The molecule has 3 rings (SSSR count). The number of benzene rings is 2. The Bertz CT molecular complexity index is 982. The lowest BCUT2D eigenvalue weighted by Gasteiger charge is -2.21. The lowest BCUT2D eigenvalue weighted by molar-refractivity contribution is -0.120. The Labute approximate surface area is 201 Å². The van der Waals surface area contributed by atoms with Gasteiger partial charge in [-0.05, 0) is 76.4 Å². The van der Waals surface area contributed by atoms with E-state index in [2.05, 4.69) is 25.8 Å². The fourth-order valence-electron chi connectivity index (χ4n) is 2.90. The third-order valence-electron chi connectivity index (χ3n) is 4.36. The fourth-order valence-corrected chi connectivity index (χ4v) is 4.46. The van der Waals surface area contributed by atoms with Crippen molar-refractivity contribution in [3.05, 3.63) is 46.9 Å². The standard InChI is InChI=1S/C22H26BrN3O3S.ClH/c1-4-28-17-7-9-18(10-8-17)29-15-21(27)26(13-5-12-25(2)3)22-24-19-11-6-16(23)14-20(19)30-22;/h6-11,14H,4-5,12-13,15H2,1-3H3;1H. The van der Waals surface area contributed by atoms with E-state index in [-0.39, 0.29) is 24.9 Å². The van der Waals surface area contributed by atoms with Crippen LogP contribution in [0.1, 0.15) is 13.3 Å². The Kier molecular flexibility index (Phi) is 10.0. The van der Waals surface area contributed by atoms with Crippen molar-refractivity contribution in [1.82, 2.24) is 9.88 Å². The molecule has 0 unspecified atom stereocenters. The SMILES string of the molecule is CCOc1ccc(OCC(=O)N(CCCN(C)C)c2nc3ccc(Br)cc3s2)cc1.Cl. The molecule has 0 bridgehead atoms. The summed E-state index contributed by atoms with van der Waals surface area (Å²) < 4.78 is 13.2. The van der Waals surface area contributed by atoms with Crippen LogP contribution >= 0.6 is 39.7 Å². The molecule has 0 atom stereocenters. The van der Waals surface area contributed by atoms with Crippen molar-refractivity contribution in [3.63, 3.8) is 0 Å². The first kappa shape index (κ1) is 25.4. The number of hydrogen-bond acceptors (Lipinski definition) is 6. The lowest BCUT2D eigenvalue weighted by Crippen LogP contribution is -2.36. The van der Waals surface area contributed by atoms with Gasteiger partial charge in [-0.1, -0.05) is 27.3 Å². The highest BCUT2D eigenvalue weighted by atomic mass is 79.9. The first-order chi connectivity index (χ1) is 14.5. The number of nitrogens with zero attached hydrogens (tertiary/aromatic N) is 3. The van der Waals surface area contributed by atoms with Gasteiger partial charge in [0.05, 0.1) is 16.8 Å². The van der Waals surface area contributed by atoms with Crippen molar-refractivity contribution in [1.29, 1.82) is 0 Å². The summed E-state index contributed by atoms with van der Waals surface area (Å²) >= 11 is 5.01. The first-order valence-corrected chi connectivity index (χ1v) is 11.4. The Balaban J connectivity index is 0.00000341. The van der Waals surface area contributed by atoms with Crippen LogP contribution in [-0.2, 0) is 4.79 Å². The second-order valence-electron chi connectivity index (χ2n) is 7.00. The molecule has 0 saturated heterocycles. The number of aromatic nitrogens is 1. The maximum atomic E-state index is 13.0. The van der Waals surface area contributed by atoms with Crippen LogP contribution in [0.4, 0.5) is 5.13 Å². The monoisotopic (exact) mass is 527 g/mol. The number of carbonyl (C=O) groups is 1. The zero-order chi connectivity index (χ0) is 21.5. The van der Waals surface area contributed by atoms with Gasteiger partial charge in [0.2, 0.25) is 0 Å². The summed E-state index contributed by atoms with van der Waals surface area (Å²) in [6.45, 7) is 3.98. The van der Waals surface area contributed by atoms with Crippen molar-refractivity contribution in [2.24, 2.45) is 0 Å². The minimum absolute atomic E-state index is 0. The van der Waals surface area contributed by atoms with E-state index < -0.39 is 0 Å². The van der Waals surface area contributed by atoms with Gasteiger partial charge in [0, 0.05) is 11.0 Å². The second-order valence-corrected chi connectivity index (χ2v) is 8.93. The highest BCUT2D eigenvalue weighted by Gasteiger charge is 2.20. The van der Waals surface area contributed by atoms with Gasteiger partial charge in [-0.15, -0.1) is 12.4 Å². The smallest absolute Gasteiger partial charge is 0.266 e. The first-order valence-electron chi connectivity index (χ1n) is 9.83. The molecule has 0 spiro atoms. The van der Waals surface area contributed by atoms with Crippen LogP contribution in [-0.4, -0.2) is 56.2 Å². The van der Waals surface area contributed by atoms with Gasteiger partial charge in [-0.3, -0.25) is 9.69 Å². The summed E-state index contributed by atoms with van der Waals surface area (Å²) in [6.07, 6.45) is 0.849. The molecule has 2 aromatic carbocycles. The molecule has 1 heterocycles. The molecule has 1 aromatic heterocycles. The van der Waals surface area contributed by atoms with E-state index >= 15 is 0 Å². The van der Waals surface area contributed by atoms with Gasteiger partial charge in [0.25, 0.3) is 5.91 Å². The predicted octanol–water partition coefficient (Wildman–Crippen LogP) is 5.24. The molecule has 6 nitrogen and oxygen atoms in total. The van der Waals surface area contributed by atoms with Crippen molar-refractivity contribution in [2.75, 3.05) is 45.3 Å². The van der Waals surface area contributed by atoms with Crippen molar-refractivity contribution in [2.45, 2.75) is 13.3 Å². The van der Waals surface area contributed by atoms with Crippen LogP contribution in [0, 0.1) is 0 Å². The third-order valence-corrected chi connectivity index (χ3v) is 5.89. The summed E-state index contributed by atoms with van der Waals surface area (Å²) in [5, 5.41) is 0.696. The van der Waals surface area contributed by atoms with E-state index in [9.17, 15) is 4.79 Å². The molecule has 1 amide bonds. The molecule has 0 N–H and O–H groups in total. The van der Waals surface area contributed by atoms with Gasteiger partial charge in [0.15, 0.2) is 11.7 Å². The van der Waals surface area contributed by atoms with Gasteiger partial charge >= 0.3 is 0 Å². The summed E-state index contributed by atoms with van der Waals surface area (Å²) in [4.78, 5) is 21.5. The van der Waals surface area contributed by atoms with Gasteiger partial charge in [-0.25, -0.2) is 4.98 Å². The minimum Gasteiger partial charge on any atom is -0.494 e. The van der Waals surface area contributed by atoms with E-state index in [4.69, 9.17) is 9.47 Å². The number of thiazole rings is 1. The lowest BCUT2D eigenvalue weighted by atomic mass is 10.3. The minimum atomic E-state index is -0.110. The average molecular weight is 529 g/mol.